The third-order valence-electron chi connectivity index (χ3n) is 4.18. The van der Waals surface area contributed by atoms with E-state index in [0.29, 0.717) is 0 Å². The number of unbranched alkanes of at least 4 members (excludes halogenated alkanes) is 13. The molecule has 2 nitrogen and oxygen atoms in total. The van der Waals surface area contributed by atoms with Gasteiger partial charge in [0.15, 0.2) is 0 Å². The first kappa shape index (κ1) is 35.3. The van der Waals surface area contributed by atoms with E-state index in [-0.39, 0.29) is 34.0 Å². The van der Waals surface area contributed by atoms with Crippen molar-refractivity contribution >= 4 is 0 Å². The first-order valence-electron chi connectivity index (χ1n) is 11.2. The molecule has 27 heavy (non-hydrogen) atoms. The summed E-state index contributed by atoms with van der Waals surface area (Å²) in [4.78, 5) is 0. The van der Waals surface area contributed by atoms with Gasteiger partial charge in [0, 0.05) is 0 Å². The highest BCUT2D eigenvalue weighted by molar-refractivity contribution is 4.49. The Hall–Kier alpha value is 0.880. The third-order valence-corrected chi connectivity index (χ3v) is 4.18. The molecule has 0 heterocycles. The molecule has 0 radical (unpaired) electrons. The van der Waals surface area contributed by atoms with Gasteiger partial charge >= 0.3 is 0 Å². The summed E-state index contributed by atoms with van der Waals surface area (Å²) >= 11 is 0. The van der Waals surface area contributed by atoms with Crippen molar-refractivity contribution < 1.29 is 42.9 Å². The van der Waals surface area contributed by atoms with Crippen molar-refractivity contribution in [3.63, 3.8) is 0 Å². The van der Waals surface area contributed by atoms with Crippen LogP contribution in [0.5, 0.6) is 0 Å². The lowest BCUT2D eigenvalue weighted by Crippen LogP contribution is -3.00. The summed E-state index contributed by atoms with van der Waals surface area (Å²) in [6.07, 6.45) is 20.4. The maximum atomic E-state index is 2.29. The molecule has 0 N–H and O–H groups in total. The molecule has 0 saturated carbocycles. The second kappa shape index (κ2) is 23.2. The molecule has 0 rings (SSSR count). The highest BCUT2D eigenvalue weighted by Gasteiger charge is 2.04. The van der Waals surface area contributed by atoms with E-state index in [1.54, 1.807) is 0 Å². The van der Waals surface area contributed by atoms with Gasteiger partial charge in [0.1, 0.15) is 0 Å². The molecule has 0 atom stereocenters. The quantitative estimate of drug-likeness (QED) is 0.219. The number of rotatable bonds is 15. The fourth-order valence-electron chi connectivity index (χ4n) is 2.78. The van der Waals surface area contributed by atoms with Crippen LogP contribution in [-0.2, 0) is 0 Å². The zero-order valence-corrected chi connectivity index (χ0v) is 23.4. The molecule has 0 amide bonds. The van der Waals surface area contributed by atoms with E-state index in [0.717, 1.165) is 8.97 Å². The smallest absolute Gasteiger partial charge is 0.0780 e. The van der Waals surface area contributed by atoms with E-state index in [4.69, 9.17) is 0 Å². The number of halogens is 2. The number of nitrogens with zero attached hydrogens (tertiary/aromatic N) is 2. The second-order valence-corrected chi connectivity index (χ2v) is 10.3. The Morgan fingerprint density at radius 3 is 0.852 bits per heavy atom. The summed E-state index contributed by atoms with van der Waals surface area (Å²) in [5.74, 6) is 0. The number of hydrogen-bond donors (Lipinski definition) is 0. The summed E-state index contributed by atoms with van der Waals surface area (Å²) < 4.78 is 2.12. The first-order valence-corrected chi connectivity index (χ1v) is 11.2. The average Bonchev–Trinajstić information content (AvgIpc) is 2.45. The Morgan fingerprint density at radius 2 is 0.630 bits per heavy atom. The fourth-order valence-corrected chi connectivity index (χ4v) is 2.78. The van der Waals surface area contributed by atoms with Gasteiger partial charge in [0.2, 0.25) is 0 Å². The Kier molecular flexibility index (Phi) is 30.3. The molecule has 0 unspecified atom stereocenters. The highest BCUT2D eigenvalue weighted by Crippen LogP contribution is 2.13. The molecular weight excluding hydrogens is 464 g/mol. The second-order valence-electron chi connectivity index (χ2n) is 10.3. The van der Waals surface area contributed by atoms with Crippen molar-refractivity contribution in [3.05, 3.63) is 0 Å². The maximum absolute atomic E-state index is 2.29. The lowest BCUT2D eigenvalue weighted by Gasteiger charge is -2.23. The van der Waals surface area contributed by atoms with Gasteiger partial charge in [-0.15, -0.1) is 0 Å². The molecule has 0 saturated heterocycles. The Labute approximate surface area is 195 Å². The van der Waals surface area contributed by atoms with Crippen LogP contribution < -0.4 is 34.0 Å². The van der Waals surface area contributed by atoms with Crippen molar-refractivity contribution in [2.45, 2.75) is 96.8 Å². The van der Waals surface area contributed by atoms with Gasteiger partial charge in [0.05, 0.1) is 55.9 Å². The van der Waals surface area contributed by atoms with E-state index in [9.17, 15) is 0 Å². The van der Waals surface area contributed by atoms with Crippen LogP contribution >= 0.6 is 0 Å². The molecule has 0 aliphatic carbocycles. The van der Waals surface area contributed by atoms with Crippen molar-refractivity contribution in [2.24, 2.45) is 0 Å². The molecule has 170 valence electrons. The van der Waals surface area contributed by atoms with E-state index in [2.05, 4.69) is 56.3 Å². The predicted molar refractivity (Wildman–Crippen MR) is 117 cm³/mol. The minimum atomic E-state index is 0. The van der Waals surface area contributed by atoms with Crippen LogP contribution in [-0.4, -0.2) is 64.8 Å². The fraction of sp³-hybridized carbons (Fsp3) is 1.00. The van der Waals surface area contributed by atoms with Crippen molar-refractivity contribution in [2.75, 3.05) is 55.9 Å². The molecule has 0 bridgehead atoms. The van der Waals surface area contributed by atoms with Crippen LogP contribution in [0.4, 0.5) is 0 Å². The van der Waals surface area contributed by atoms with Gasteiger partial charge in [-0.3, -0.25) is 0 Å². The minimum absolute atomic E-state index is 0. The van der Waals surface area contributed by atoms with Crippen LogP contribution in [0.15, 0.2) is 0 Å². The van der Waals surface area contributed by atoms with Crippen molar-refractivity contribution in [1.29, 1.82) is 0 Å². The first-order chi connectivity index (χ1) is 11.6. The summed E-state index contributed by atoms with van der Waals surface area (Å²) in [7, 11) is 15.4. The van der Waals surface area contributed by atoms with Gasteiger partial charge < -0.3 is 42.9 Å². The summed E-state index contributed by atoms with van der Waals surface area (Å²) in [5, 5.41) is 0. The van der Waals surface area contributed by atoms with Crippen LogP contribution in [0.2, 0.25) is 0 Å². The molecule has 0 aromatic rings. The summed E-state index contributed by atoms with van der Waals surface area (Å²) in [6.45, 7) is 3.63. The minimum Gasteiger partial charge on any atom is -1.00 e. The zero-order valence-electron chi connectivity index (χ0n) is 20.3. The standard InChI is InChI=1S/C19H42N.C4H12N.2BrH/c1-5-6-7-8-9-10-11-12-13-14-15-16-17-18-19-20(2,3)4;1-5(2,3)4;;/h5-19H2,1-4H3;1-4H3;2*1H/q2*+1;;/p-2. The Morgan fingerprint density at radius 1 is 0.407 bits per heavy atom. The molecular formula is C23H54Br2N2. The molecule has 4 heteroatoms. The van der Waals surface area contributed by atoms with Gasteiger partial charge in [-0.05, 0) is 12.8 Å². The zero-order chi connectivity index (χ0) is 19.6. The lowest BCUT2D eigenvalue weighted by atomic mass is 10.0. The SMILES string of the molecule is CCCCCCCCCCCCCCCC[N+](C)(C)C.C[N+](C)(C)C.[Br-].[Br-]. The monoisotopic (exact) mass is 516 g/mol. The third kappa shape index (κ3) is 52.0. The number of hydrogen-bond acceptors (Lipinski definition) is 0. The molecule has 0 fully saturated rings. The molecule has 0 spiro atoms. The van der Waals surface area contributed by atoms with E-state index in [1.807, 2.05) is 0 Å². The molecule has 0 aromatic carbocycles. The maximum Gasteiger partial charge on any atom is 0.0780 e. The normalized spacial score (nSPS) is 11.1. The summed E-state index contributed by atoms with van der Waals surface area (Å²) in [6, 6.07) is 0. The van der Waals surface area contributed by atoms with Gasteiger partial charge in [-0.1, -0.05) is 84.0 Å². The molecule has 0 aromatic heterocycles. The Balaban J connectivity index is -0.000000333. The Bertz CT molecular complexity index is 252. The summed E-state index contributed by atoms with van der Waals surface area (Å²) in [5.41, 5.74) is 0. The average molecular weight is 519 g/mol. The van der Waals surface area contributed by atoms with Crippen LogP contribution in [0, 0.1) is 0 Å². The lowest BCUT2D eigenvalue weighted by molar-refractivity contribution is -0.870. The topological polar surface area (TPSA) is 0 Å². The van der Waals surface area contributed by atoms with Crippen LogP contribution in [0.3, 0.4) is 0 Å². The molecule has 0 aliphatic heterocycles. The van der Waals surface area contributed by atoms with Gasteiger partial charge in [-0.2, -0.15) is 0 Å². The molecule has 0 aliphatic rings. The number of quaternary nitrogens is 2. The van der Waals surface area contributed by atoms with E-state index in [1.165, 1.54) is 96.4 Å². The van der Waals surface area contributed by atoms with Gasteiger partial charge in [-0.25, -0.2) is 0 Å². The van der Waals surface area contributed by atoms with E-state index >= 15 is 0 Å². The largest absolute Gasteiger partial charge is 1.00 e. The predicted octanol–water partition coefficient (Wildman–Crippen LogP) is 0.504. The van der Waals surface area contributed by atoms with Gasteiger partial charge in [0.25, 0.3) is 0 Å². The van der Waals surface area contributed by atoms with Crippen LogP contribution in [0.25, 0.3) is 0 Å². The van der Waals surface area contributed by atoms with Crippen molar-refractivity contribution in [1.82, 2.24) is 0 Å². The van der Waals surface area contributed by atoms with Crippen LogP contribution in [0.1, 0.15) is 96.8 Å². The highest BCUT2D eigenvalue weighted by atomic mass is 79.9. The van der Waals surface area contributed by atoms with E-state index < -0.39 is 0 Å². The van der Waals surface area contributed by atoms with Crippen molar-refractivity contribution in [3.8, 4) is 0 Å².